The minimum atomic E-state index is 1.36. The summed E-state index contributed by atoms with van der Waals surface area (Å²) in [6.45, 7) is 4.35. The van der Waals surface area contributed by atoms with E-state index in [1.165, 1.54) is 40.7 Å². The van der Waals surface area contributed by atoms with Crippen LogP contribution in [0.2, 0.25) is 0 Å². The third kappa shape index (κ3) is 1.99. The Hall–Kier alpha value is -0.940. The van der Waals surface area contributed by atoms with Crippen molar-refractivity contribution in [2.24, 2.45) is 0 Å². The van der Waals surface area contributed by atoms with Gasteiger partial charge >= 0.3 is 0 Å². The molecule has 0 nitrogen and oxygen atoms in total. The molecule has 0 aliphatic rings. The SMILES string of the molecule is Cc1csc(-c2sc3ccsc3c2-c2cc(C)cs2)c1. The first-order valence-corrected chi connectivity index (χ1v) is 9.79. The molecular formula is C16H12S4. The molecule has 4 rings (SSSR count). The normalized spacial score (nSPS) is 11.5. The molecule has 0 radical (unpaired) electrons. The van der Waals surface area contributed by atoms with E-state index in [1.807, 2.05) is 45.3 Å². The zero-order valence-corrected chi connectivity index (χ0v) is 14.4. The second kappa shape index (κ2) is 4.81. The third-order valence-electron chi connectivity index (χ3n) is 3.23. The van der Waals surface area contributed by atoms with Gasteiger partial charge in [0.15, 0.2) is 0 Å². The van der Waals surface area contributed by atoms with Crippen molar-refractivity contribution in [2.75, 3.05) is 0 Å². The first-order valence-electron chi connectivity index (χ1n) is 6.33. The molecule has 0 saturated carbocycles. The second-order valence-corrected chi connectivity index (χ2v) is 8.69. The first kappa shape index (κ1) is 12.8. The van der Waals surface area contributed by atoms with Crippen LogP contribution in [0.15, 0.2) is 34.3 Å². The van der Waals surface area contributed by atoms with Crippen molar-refractivity contribution in [3.05, 3.63) is 45.5 Å². The van der Waals surface area contributed by atoms with Crippen LogP contribution in [0.5, 0.6) is 0 Å². The molecule has 0 aliphatic heterocycles. The maximum atomic E-state index is 2.32. The van der Waals surface area contributed by atoms with E-state index in [2.05, 4.69) is 48.2 Å². The summed E-state index contributed by atoms with van der Waals surface area (Å²) in [5, 5.41) is 6.69. The smallest absolute Gasteiger partial charge is 0.0550 e. The fraction of sp³-hybridized carbons (Fsp3) is 0.125. The van der Waals surface area contributed by atoms with Crippen LogP contribution >= 0.6 is 45.3 Å². The number of fused-ring (bicyclic) bond motifs is 1. The van der Waals surface area contributed by atoms with Gasteiger partial charge in [0.1, 0.15) is 0 Å². The number of hydrogen-bond donors (Lipinski definition) is 0. The van der Waals surface area contributed by atoms with Crippen molar-refractivity contribution < 1.29 is 0 Å². The summed E-state index contributed by atoms with van der Waals surface area (Å²) in [5.74, 6) is 0. The molecule has 100 valence electrons. The van der Waals surface area contributed by atoms with E-state index in [1.54, 1.807) is 0 Å². The predicted molar refractivity (Wildman–Crippen MR) is 95.8 cm³/mol. The quantitative estimate of drug-likeness (QED) is 0.369. The van der Waals surface area contributed by atoms with Gasteiger partial charge in [0.05, 0.1) is 9.58 Å². The molecule has 0 aromatic carbocycles. The molecule has 0 unspecified atom stereocenters. The van der Waals surface area contributed by atoms with Crippen LogP contribution in [0.3, 0.4) is 0 Å². The lowest BCUT2D eigenvalue weighted by atomic mass is 10.1. The Labute approximate surface area is 134 Å². The third-order valence-corrected chi connectivity index (χ3v) is 7.74. The zero-order chi connectivity index (χ0) is 13.7. The summed E-state index contributed by atoms with van der Waals surface area (Å²) in [4.78, 5) is 4.24. The highest BCUT2D eigenvalue weighted by Gasteiger charge is 2.18. The molecule has 4 heterocycles. The van der Waals surface area contributed by atoms with E-state index in [0.717, 1.165) is 0 Å². The van der Waals surface area contributed by atoms with E-state index in [9.17, 15) is 0 Å². The first-order chi connectivity index (χ1) is 9.72. The van der Waals surface area contributed by atoms with Gasteiger partial charge in [-0.1, -0.05) is 0 Å². The molecule has 0 saturated heterocycles. The van der Waals surface area contributed by atoms with Crippen molar-refractivity contribution in [1.82, 2.24) is 0 Å². The van der Waals surface area contributed by atoms with Gasteiger partial charge in [-0.2, -0.15) is 0 Å². The summed E-state index contributed by atoms with van der Waals surface area (Å²) < 4.78 is 2.86. The number of thiophene rings is 4. The van der Waals surface area contributed by atoms with Gasteiger partial charge < -0.3 is 0 Å². The van der Waals surface area contributed by atoms with Gasteiger partial charge in [0.25, 0.3) is 0 Å². The summed E-state index contributed by atoms with van der Waals surface area (Å²) in [7, 11) is 0. The zero-order valence-electron chi connectivity index (χ0n) is 11.1. The van der Waals surface area contributed by atoms with E-state index in [4.69, 9.17) is 0 Å². The molecule has 0 bridgehead atoms. The van der Waals surface area contributed by atoms with Crippen LogP contribution in [-0.4, -0.2) is 0 Å². The highest BCUT2D eigenvalue weighted by atomic mass is 32.1. The average molecular weight is 333 g/mol. The minimum absolute atomic E-state index is 1.36. The summed E-state index contributed by atoms with van der Waals surface area (Å²) in [6, 6.07) is 6.87. The van der Waals surface area contributed by atoms with Crippen LogP contribution in [-0.2, 0) is 0 Å². The van der Waals surface area contributed by atoms with E-state index in [0.29, 0.717) is 0 Å². The maximum Gasteiger partial charge on any atom is 0.0550 e. The fourth-order valence-electron chi connectivity index (χ4n) is 2.33. The number of rotatable bonds is 2. The van der Waals surface area contributed by atoms with Crippen LogP contribution < -0.4 is 0 Å². The lowest BCUT2D eigenvalue weighted by Gasteiger charge is -1.99. The van der Waals surface area contributed by atoms with Gasteiger partial charge in [-0.15, -0.1) is 45.3 Å². The molecule has 4 aromatic rings. The van der Waals surface area contributed by atoms with Crippen LogP contribution in [0.4, 0.5) is 0 Å². The predicted octanol–water partition coefficient (Wildman–Crippen LogP) is 7.04. The maximum absolute atomic E-state index is 2.32. The number of hydrogen-bond acceptors (Lipinski definition) is 4. The van der Waals surface area contributed by atoms with Crippen molar-refractivity contribution in [1.29, 1.82) is 0 Å². The second-order valence-electron chi connectivity index (χ2n) is 4.90. The van der Waals surface area contributed by atoms with Crippen LogP contribution in [0.1, 0.15) is 11.1 Å². The van der Waals surface area contributed by atoms with E-state index < -0.39 is 0 Å². The Bertz CT molecular complexity index is 885. The Morgan fingerprint density at radius 3 is 2.20 bits per heavy atom. The van der Waals surface area contributed by atoms with Gasteiger partial charge in [0.2, 0.25) is 0 Å². The minimum Gasteiger partial charge on any atom is -0.143 e. The molecule has 0 atom stereocenters. The van der Waals surface area contributed by atoms with Crippen molar-refractivity contribution in [2.45, 2.75) is 13.8 Å². The molecule has 0 fully saturated rings. The molecule has 0 spiro atoms. The highest BCUT2D eigenvalue weighted by Crippen LogP contribution is 2.49. The number of aryl methyl sites for hydroxylation is 2. The van der Waals surface area contributed by atoms with Crippen LogP contribution in [0.25, 0.3) is 29.6 Å². The molecule has 4 heteroatoms. The Morgan fingerprint density at radius 1 is 0.850 bits per heavy atom. The lowest BCUT2D eigenvalue weighted by molar-refractivity contribution is 1.55. The Balaban J connectivity index is 2.03. The summed E-state index contributed by atoms with van der Waals surface area (Å²) in [6.07, 6.45) is 0. The standard InChI is InChI=1S/C16H12S4/c1-9-5-12(18-7-9)14-15-11(3-4-17-15)20-16(14)13-6-10(2)8-19-13/h3-8H,1-2H3. The van der Waals surface area contributed by atoms with Crippen molar-refractivity contribution >= 4 is 54.7 Å². The summed E-state index contributed by atoms with van der Waals surface area (Å²) >= 11 is 7.51. The summed E-state index contributed by atoms with van der Waals surface area (Å²) in [5.41, 5.74) is 4.16. The Morgan fingerprint density at radius 2 is 1.55 bits per heavy atom. The van der Waals surface area contributed by atoms with Crippen LogP contribution in [0, 0.1) is 13.8 Å². The van der Waals surface area contributed by atoms with E-state index >= 15 is 0 Å². The molecule has 0 amide bonds. The van der Waals surface area contributed by atoms with Gasteiger partial charge in [-0.05, 0) is 59.3 Å². The van der Waals surface area contributed by atoms with Gasteiger partial charge in [-0.3, -0.25) is 0 Å². The molecule has 0 aliphatic carbocycles. The topological polar surface area (TPSA) is 0 Å². The van der Waals surface area contributed by atoms with Gasteiger partial charge in [-0.25, -0.2) is 0 Å². The van der Waals surface area contributed by atoms with E-state index in [-0.39, 0.29) is 0 Å². The lowest BCUT2D eigenvalue weighted by Crippen LogP contribution is -1.72. The highest BCUT2D eigenvalue weighted by molar-refractivity contribution is 7.32. The molecular weight excluding hydrogens is 320 g/mol. The molecule has 4 aromatic heterocycles. The van der Waals surface area contributed by atoms with Gasteiger partial charge in [0, 0.05) is 20.0 Å². The monoisotopic (exact) mass is 332 g/mol. The fourth-order valence-corrected chi connectivity index (χ4v) is 6.83. The van der Waals surface area contributed by atoms with Crippen molar-refractivity contribution in [3.8, 4) is 20.2 Å². The van der Waals surface area contributed by atoms with Crippen molar-refractivity contribution in [3.63, 3.8) is 0 Å². The average Bonchev–Trinajstić information content (AvgIpc) is 3.11. The molecule has 20 heavy (non-hydrogen) atoms. The molecule has 0 N–H and O–H groups in total. The Kier molecular flexibility index (Phi) is 3.07. The largest absolute Gasteiger partial charge is 0.143 e.